The van der Waals surface area contributed by atoms with Gasteiger partial charge in [-0.25, -0.2) is 16.8 Å². The van der Waals surface area contributed by atoms with E-state index in [4.69, 9.17) is 5.53 Å². The minimum absolute atomic E-state index is 0.318. The molecule has 0 heterocycles. The van der Waals surface area contributed by atoms with Gasteiger partial charge in [0.25, 0.3) is 19.7 Å². The van der Waals surface area contributed by atoms with E-state index in [0.717, 1.165) is 12.8 Å². The molecule has 112 valence electrons. The molecule has 0 bridgehead atoms. The van der Waals surface area contributed by atoms with Crippen molar-refractivity contribution in [2.75, 3.05) is 5.75 Å². The lowest BCUT2D eigenvalue weighted by molar-refractivity contribution is 0.00366. The van der Waals surface area contributed by atoms with Crippen molar-refractivity contribution in [1.82, 2.24) is 0 Å². The van der Waals surface area contributed by atoms with E-state index in [9.17, 15) is 16.8 Å². The molecule has 0 aromatic heterocycles. The van der Waals surface area contributed by atoms with Gasteiger partial charge >= 0.3 is 4.38 Å². The Morgan fingerprint density at radius 2 is 1.58 bits per heavy atom. The Kier molecular flexibility index (Phi) is 6.38. The summed E-state index contributed by atoms with van der Waals surface area (Å²) in [6.45, 7) is 6.07. The zero-order valence-electron chi connectivity index (χ0n) is 11.9. The van der Waals surface area contributed by atoms with Gasteiger partial charge in [-0.2, -0.15) is 0 Å². The molecule has 0 spiro atoms. The second-order valence-corrected chi connectivity index (χ2v) is 10.3. The van der Waals surface area contributed by atoms with E-state index in [2.05, 4.69) is 4.79 Å². The van der Waals surface area contributed by atoms with Gasteiger partial charge in [-0.1, -0.05) is 26.2 Å². The highest BCUT2D eigenvalue weighted by Crippen LogP contribution is 2.20. The number of hydrogen-bond acceptors (Lipinski definition) is 4. The summed E-state index contributed by atoms with van der Waals surface area (Å²) in [5.74, 6) is -0.318. The summed E-state index contributed by atoms with van der Waals surface area (Å²) in [6, 6.07) is 0. The van der Waals surface area contributed by atoms with E-state index in [1.807, 2.05) is 6.92 Å². The van der Waals surface area contributed by atoms with Crippen LogP contribution < -0.4 is 0 Å². The fourth-order valence-electron chi connectivity index (χ4n) is 1.35. The first-order chi connectivity index (χ1) is 8.50. The molecule has 0 fully saturated rings. The predicted molar refractivity (Wildman–Crippen MR) is 75.2 cm³/mol. The second-order valence-electron chi connectivity index (χ2n) is 5.36. The molecule has 0 aromatic carbocycles. The zero-order chi connectivity index (χ0) is 15.3. The Hall–Kier alpha value is -0.720. The van der Waals surface area contributed by atoms with Crippen LogP contribution in [0.5, 0.6) is 0 Å². The standard InChI is InChI=1S/C11H22N2O4S2/c1-5-6-7-8-9-18(14,15)10(13-12)19(16,17)11(2,3)4/h5-9H2,1-4H3. The largest absolute Gasteiger partial charge is 0.495 e. The molecular weight excluding hydrogens is 288 g/mol. The molecule has 0 rings (SSSR count). The molecule has 0 atom stereocenters. The van der Waals surface area contributed by atoms with Crippen LogP contribution in [0.2, 0.25) is 0 Å². The van der Waals surface area contributed by atoms with E-state index in [0.29, 0.717) is 12.8 Å². The molecule has 0 aliphatic carbocycles. The molecule has 0 saturated heterocycles. The number of sulfone groups is 2. The maximum atomic E-state index is 12.0. The third-order valence-electron chi connectivity index (χ3n) is 2.65. The van der Waals surface area contributed by atoms with E-state index in [1.165, 1.54) is 20.8 Å². The third-order valence-corrected chi connectivity index (χ3v) is 7.66. The van der Waals surface area contributed by atoms with E-state index >= 15 is 0 Å². The summed E-state index contributed by atoms with van der Waals surface area (Å²) in [6.07, 6.45) is 2.88. The Bertz CT molecular complexity index is 550. The fraction of sp³-hybridized carbons (Fsp3) is 0.909. The van der Waals surface area contributed by atoms with Crippen molar-refractivity contribution in [3.05, 3.63) is 5.53 Å². The summed E-state index contributed by atoms with van der Waals surface area (Å²) >= 11 is 0. The van der Waals surface area contributed by atoms with Crippen LogP contribution in [-0.2, 0) is 19.7 Å². The minimum atomic E-state index is -4.18. The third kappa shape index (κ3) is 4.71. The highest BCUT2D eigenvalue weighted by Gasteiger charge is 2.48. The van der Waals surface area contributed by atoms with Crippen LogP contribution in [0.3, 0.4) is 0 Å². The maximum absolute atomic E-state index is 12.0. The number of hydrogen-bond donors (Lipinski definition) is 0. The SMILES string of the molecule is CCCCCCS(=O)(=O)C(=[N+]=[N-])S(=O)(=O)C(C)(C)C. The molecular formula is C11H22N2O4S2. The first-order valence-corrected chi connectivity index (χ1v) is 9.33. The van der Waals surface area contributed by atoms with Gasteiger partial charge in [0.2, 0.25) is 0 Å². The molecule has 0 unspecified atom stereocenters. The summed E-state index contributed by atoms with van der Waals surface area (Å²) in [7, 11) is -8.26. The van der Waals surface area contributed by atoms with Gasteiger partial charge in [0, 0.05) is 0 Å². The van der Waals surface area contributed by atoms with Gasteiger partial charge in [-0.15, -0.1) is 4.79 Å². The van der Waals surface area contributed by atoms with Crippen molar-refractivity contribution in [3.8, 4) is 0 Å². The van der Waals surface area contributed by atoms with Gasteiger partial charge in [-0.05, 0) is 27.2 Å². The Morgan fingerprint density at radius 3 is 1.95 bits per heavy atom. The van der Waals surface area contributed by atoms with Crippen LogP contribution in [0, 0.1) is 0 Å². The van der Waals surface area contributed by atoms with E-state index < -0.39 is 28.8 Å². The number of unbranched alkanes of at least 4 members (excludes halogenated alkanes) is 3. The van der Waals surface area contributed by atoms with E-state index in [1.54, 1.807) is 0 Å². The normalized spacial score (nSPS) is 13.1. The first-order valence-electron chi connectivity index (χ1n) is 6.20. The first kappa shape index (κ1) is 18.3. The van der Waals surface area contributed by atoms with Crippen molar-refractivity contribution in [1.29, 1.82) is 0 Å². The highest BCUT2D eigenvalue weighted by atomic mass is 32.3. The average Bonchev–Trinajstić information content (AvgIpc) is 2.23. The van der Waals surface area contributed by atoms with Crippen molar-refractivity contribution in [2.24, 2.45) is 0 Å². The van der Waals surface area contributed by atoms with Crippen LogP contribution in [0.25, 0.3) is 5.53 Å². The summed E-state index contributed by atoms with van der Waals surface area (Å²) in [5.41, 5.74) is 8.79. The van der Waals surface area contributed by atoms with Crippen LogP contribution in [0.1, 0.15) is 53.4 Å². The van der Waals surface area contributed by atoms with Gasteiger partial charge in [0.05, 0.1) is 10.5 Å². The van der Waals surface area contributed by atoms with Crippen molar-refractivity contribution in [3.63, 3.8) is 0 Å². The van der Waals surface area contributed by atoms with Crippen molar-refractivity contribution < 1.29 is 21.6 Å². The lowest BCUT2D eigenvalue weighted by Crippen LogP contribution is -2.39. The molecule has 0 saturated carbocycles. The topological polar surface area (TPSA) is 105 Å². The molecule has 0 N–H and O–H groups in total. The molecule has 0 aromatic rings. The highest BCUT2D eigenvalue weighted by molar-refractivity contribution is 8.31. The molecule has 19 heavy (non-hydrogen) atoms. The second kappa shape index (κ2) is 6.63. The predicted octanol–water partition coefficient (Wildman–Crippen LogP) is 1.78. The summed E-state index contributed by atoms with van der Waals surface area (Å²) < 4.78 is 45.5. The van der Waals surface area contributed by atoms with Gasteiger partial charge in [-0.3, -0.25) is 0 Å². The lowest BCUT2D eigenvalue weighted by atomic mass is 10.2. The Morgan fingerprint density at radius 1 is 1.05 bits per heavy atom. The minimum Gasteiger partial charge on any atom is -0.359 e. The van der Waals surface area contributed by atoms with Crippen LogP contribution in [-0.4, -0.2) is 36.5 Å². The van der Waals surface area contributed by atoms with Gasteiger partial charge < -0.3 is 5.53 Å². The lowest BCUT2D eigenvalue weighted by Gasteiger charge is -2.15. The quantitative estimate of drug-likeness (QED) is 0.254. The van der Waals surface area contributed by atoms with Crippen molar-refractivity contribution in [2.45, 2.75) is 58.1 Å². The molecule has 0 radical (unpaired) electrons. The van der Waals surface area contributed by atoms with Gasteiger partial charge in [0.15, 0.2) is 0 Å². The molecule has 8 heteroatoms. The van der Waals surface area contributed by atoms with Crippen molar-refractivity contribution >= 4 is 24.1 Å². The Labute approximate surface area is 115 Å². The van der Waals surface area contributed by atoms with Crippen LogP contribution >= 0.6 is 0 Å². The smallest absolute Gasteiger partial charge is 0.359 e. The summed E-state index contributed by atoms with van der Waals surface area (Å²) in [5, 5.41) is 0. The monoisotopic (exact) mass is 310 g/mol. The molecule has 0 amide bonds. The zero-order valence-corrected chi connectivity index (χ0v) is 13.5. The maximum Gasteiger partial charge on any atom is 0.495 e. The summed E-state index contributed by atoms with van der Waals surface area (Å²) in [4.78, 5) is 2.54. The molecule has 6 nitrogen and oxygen atoms in total. The van der Waals surface area contributed by atoms with Gasteiger partial charge in [0.1, 0.15) is 0 Å². The molecule has 0 aliphatic heterocycles. The van der Waals surface area contributed by atoms with Crippen LogP contribution in [0.15, 0.2) is 0 Å². The fourth-order valence-corrected chi connectivity index (χ4v) is 5.20. The number of rotatable bonds is 5. The van der Waals surface area contributed by atoms with E-state index in [-0.39, 0.29) is 5.75 Å². The molecule has 0 aliphatic rings. The average molecular weight is 310 g/mol. The number of nitrogens with zero attached hydrogens (tertiary/aromatic N) is 2. The Balaban J connectivity index is 5.26. The van der Waals surface area contributed by atoms with Crippen LogP contribution in [0.4, 0.5) is 0 Å².